The molecule has 26 heavy (non-hydrogen) atoms. The number of Topliss-reactive ketones (excluding diaryl/α,β-unsaturated/α-hetero) is 1. The number of carbonyl (C=O) groups is 3. The number of esters is 1. The van der Waals surface area contributed by atoms with Crippen LogP contribution < -0.4 is 10.1 Å². The quantitative estimate of drug-likeness (QED) is 0.416. The molecule has 0 radical (unpaired) electrons. The van der Waals surface area contributed by atoms with Gasteiger partial charge in [0.15, 0.2) is 5.75 Å². The van der Waals surface area contributed by atoms with Gasteiger partial charge in [-0.15, -0.1) is 0 Å². The zero-order chi connectivity index (χ0) is 19.3. The van der Waals surface area contributed by atoms with Gasteiger partial charge >= 0.3 is 5.97 Å². The molecule has 0 aliphatic carbocycles. The fourth-order valence-electron chi connectivity index (χ4n) is 3.06. The number of hydrogen-bond donors (Lipinski definition) is 1. The van der Waals surface area contributed by atoms with Gasteiger partial charge in [-0.25, -0.2) is 0 Å². The minimum absolute atomic E-state index is 0.237. The topological polar surface area (TPSA) is 75.7 Å². The van der Waals surface area contributed by atoms with Crippen molar-refractivity contribution in [1.82, 2.24) is 4.90 Å². The Bertz CT molecular complexity index is 691. The molecule has 0 aromatic heterocycles. The Hall–Kier alpha value is -2.21. The maximum Gasteiger partial charge on any atom is 0.313 e. The van der Waals surface area contributed by atoms with Crippen LogP contribution in [0, 0.1) is 5.92 Å². The molecule has 1 heterocycles. The number of anilines is 1. The summed E-state index contributed by atoms with van der Waals surface area (Å²) in [6, 6.07) is 3.45. The van der Waals surface area contributed by atoms with Crippen LogP contribution in [0.4, 0.5) is 5.69 Å². The number of ether oxygens (including phenoxy) is 1. The lowest BCUT2D eigenvalue weighted by atomic mass is 10.00. The highest BCUT2D eigenvalue weighted by atomic mass is 16.5. The molecule has 6 heteroatoms. The molecule has 0 fully saturated rings. The lowest BCUT2D eigenvalue weighted by molar-refractivity contribution is -0.137. The number of nitrogens with zero attached hydrogens (tertiary/aromatic N) is 1. The molecular formula is C20H28N2O4. The average Bonchev–Trinajstić information content (AvgIpc) is 2.90. The molecule has 0 spiro atoms. The monoisotopic (exact) mass is 360 g/mol. The van der Waals surface area contributed by atoms with Crippen molar-refractivity contribution < 1.29 is 19.1 Å². The van der Waals surface area contributed by atoms with E-state index in [0.29, 0.717) is 17.7 Å². The SMILES string of the molecule is CCCN(CCC)CCc1ccc(OC(=O)C(C)C)c2c1C(=O)C(=O)N2. The maximum atomic E-state index is 12.3. The van der Waals surface area contributed by atoms with Crippen molar-refractivity contribution in [2.24, 2.45) is 5.92 Å². The van der Waals surface area contributed by atoms with E-state index in [4.69, 9.17) is 4.74 Å². The van der Waals surface area contributed by atoms with Crippen molar-refractivity contribution in [3.05, 3.63) is 23.3 Å². The summed E-state index contributed by atoms with van der Waals surface area (Å²) in [6.45, 7) is 10.6. The van der Waals surface area contributed by atoms with Crippen LogP contribution in [0.25, 0.3) is 0 Å². The highest BCUT2D eigenvalue weighted by Gasteiger charge is 2.34. The third-order valence-corrected chi connectivity index (χ3v) is 4.38. The lowest BCUT2D eigenvalue weighted by Crippen LogP contribution is -2.28. The van der Waals surface area contributed by atoms with E-state index in [2.05, 4.69) is 24.1 Å². The van der Waals surface area contributed by atoms with Gasteiger partial charge in [-0.05, 0) is 44.0 Å². The van der Waals surface area contributed by atoms with Gasteiger partial charge in [-0.2, -0.15) is 0 Å². The number of rotatable bonds is 9. The first-order valence-corrected chi connectivity index (χ1v) is 9.34. The molecule has 1 aromatic rings. The molecule has 0 atom stereocenters. The van der Waals surface area contributed by atoms with Crippen LogP contribution >= 0.6 is 0 Å². The Morgan fingerprint density at radius 2 is 1.77 bits per heavy atom. The standard InChI is InChI=1S/C20H28N2O4/c1-5-10-22(11-6-2)12-9-14-7-8-15(26-20(25)13(3)4)17-16(14)18(23)19(24)21-17/h7-8,13H,5-6,9-12H2,1-4H3,(H,21,23,24). The molecule has 1 amide bonds. The molecule has 1 N–H and O–H groups in total. The van der Waals surface area contributed by atoms with E-state index in [1.807, 2.05) is 0 Å². The van der Waals surface area contributed by atoms with Crippen LogP contribution in [-0.4, -0.2) is 42.2 Å². The number of fused-ring (bicyclic) bond motifs is 1. The van der Waals surface area contributed by atoms with E-state index in [-0.39, 0.29) is 11.7 Å². The van der Waals surface area contributed by atoms with E-state index in [0.717, 1.165) is 38.0 Å². The average molecular weight is 360 g/mol. The van der Waals surface area contributed by atoms with E-state index in [1.54, 1.807) is 26.0 Å². The Kier molecular flexibility index (Phi) is 6.91. The first-order chi connectivity index (χ1) is 12.4. The minimum atomic E-state index is -0.673. The number of benzene rings is 1. The Morgan fingerprint density at radius 1 is 1.12 bits per heavy atom. The van der Waals surface area contributed by atoms with E-state index < -0.39 is 17.7 Å². The molecule has 2 rings (SSSR count). The predicted molar refractivity (Wildman–Crippen MR) is 101 cm³/mol. The van der Waals surface area contributed by atoms with Crippen LogP contribution in [0.5, 0.6) is 5.75 Å². The normalized spacial score (nSPS) is 13.3. The molecule has 142 valence electrons. The number of amides is 1. The van der Waals surface area contributed by atoms with Gasteiger partial charge in [0.1, 0.15) is 0 Å². The first-order valence-electron chi connectivity index (χ1n) is 9.34. The van der Waals surface area contributed by atoms with Gasteiger partial charge in [0.25, 0.3) is 11.7 Å². The maximum absolute atomic E-state index is 12.3. The summed E-state index contributed by atoms with van der Waals surface area (Å²) in [4.78, 5) is 38.5. The molecule has 0 unspecified atom stereocenters. The second-order valence-electron chi connectivity index (χ2n) is 6.92. The summed E-state index contributed by atoms with van der Waals surface area (Å²) < 4.78 is 5.36. The molecule has 0 saturated heterocycles. The number of hydrogen-bond acceptors (Lipinski definition) is 5. The highest BCUT2D eigenvalue weighted by Crippen LogP contribution is 2.36. The second kappa shape index (κ2) is 8.94. The Balaban J connectivity index is 2.26. The smallest absolute Gasteiger partial charge is 0.313 e. The molecule has 1 aromatic carbocycles. The van der Waals surface area contributed by atoms with E-state index in [9.17, 15) is 14.4 Å². The fraction of sp³-hybridized carbons (Fsp3) is 0.550. The Labute approximate surface area is 154 Å². The zero-order valence-electron chi connectivity index (χ0n) is 16.1. The van der Waals surface area contributed by atoms with Gasteiger partial charge < -0.3 is 15.0 Å². The number of nitrogens with one attached hydrogen (secondary N) is 1. The molecule has 1 aliphatic heterocycles. The summed E-state index contributed by atoms with van der Waals surface area (Å²) in [5.41, 5.74) is 1.48. The van der Waals surface area contributed by atoms with Crippen LogP contribution in [0.3, 0.4) is 0 Å². The fourth-order valence-corrected chi connectivity index (χ4v) is 3.06. The molecular weight excluding hydrogens is 332 g/mol. The van der Waals surface area contributed by atoms with Crippen LogP contribution in [0.1, 0.15) is 56.5 Å². The van der Waals surface area contributed by atoms with Crippen molar-refractivity contribution >= 4 is 23.3 Å². The predicted octanol–water partition coefficient (Wildman–Crippen LogP) is 3.05. The first kappa shape index (κ1) is 20.1. The van der Waals surface area contributed by atoms with Crippen molar-refractivity contribution in [2.45, 2.75) is 47.0 Å². The zero-order valence-corrected chi connectivity index (χ0v) is 16.1. The van der Waals surface area contributed by atoms with Gasteiger partial charge in [-0.3, -0.25) is 14.4 Å². The molecule has 0 bridgehead atoms. The van der Waals surface area contributed by atoms with Crippen molar-refractivity contribution in [1.29, 1.82) is 0 Å². The van der Waals surface area contributed by atoms with E-state index in [1.165, 1.54) is 0 Å². The van der Waals surface area contributed by atoms with Gasteiger partial charge in [0.05, 0.1) is 17.2 Å². The van der Waals surface area contributed by atoms with E-state index >= 15 is 0 Å². The summed E-state index contributed by atoms with van der Waals surface area (Å²) in [6.07, 6.45) is 2.81. The van der Waals surface area contributed by atoms with Crippen molar-refractivity contribution in [3.8, 4) is 5.75 Å². The highest BCUT2D eigenvalue weighted by molar-refractivity contribution is 6.52. The third kappa shape index (κ3) is 4.49. The Morgan fingerprint density at radius 3 is 2.35 bits per heavy atom. The summed E-state index contributed by atoms with van der Waals surface area (Å²) in [5, 5.41) is 2.56. The molecule has 1 aliphatic rings. The van der Waals surface area contributed by atoms with Gasteiger partial charge in [0, 0.05) is 6.54 Å². The van der Waals surface area contributed by atoms with Crippen molar-refractivity contribution in [2.75, 3.05) is 25.0 Å². The number of ketones is 1. The molecule has 6 nitrogen and oxygen atoms in total. The van der Waals surface area contributed by atoms with Crippen molar-refractivity contribution in [3.63, 3.8) is 0 Å². The minimum Gasteiger partial charge on any atom is -0.424 e. The summed E-state index contributed by atoms with van der Waals surface area (Å²) >= 11 is 0. The largest absolute Gasteiger partial charge is 0.424 e. The van der Waals surface area contributed by atoms with Crippen LogP contribution in [-0.2, 0) is 16.0 Å². The number of carbonyl (C=O) groups excluding carboxylic acids is 3. The molecule has 0 saturated carbocycles. The second-order valence-corrected chi connectivity index (χ2v) is 6.92. The van der Waals surface area contributed by atoms with Gasteiger partial charge in [0.2, 0.25) is 0 Å². The summed E-state index contributed by atoms with van der Waals surface area (Å²) in [5.74, 6) is -1.69. The van der Waals surface area contributed by atoms with Gasteiger partial charge in [-0.1, -0.05) is 33.8 Å². The van der Waals surface area contributed by atoms with Crippen LogP contribution in [0.2, 0.25) is 0 Å². The summed E-state index contributed by atoms with van der Waals surface area (Å²) in [7, 11) is 0. The van der Waals surface area contributed by atoms with Crippen LogP contribution in [0.15, 0.2) is 12.1 Å². The lowest BCUT2D eigenvalue weighted by Gasteiger charge is -2.21. The third-order valence-electron chi connectivity index (χ3n) is 4.38.